The first-order valence-corrected chi connectivity index (χ1v) is 8.27. The second kappa shape index (κ2) is 10.2. The first kappa shape index (κ1) is 21.1. The molecular formula is C13H18N10O6. The van der Waals surface area contributed by atoms with Crippen LogP contribution in [-0.2, 0) is 9.59 Å². The number of nitrogens with one attached hydrogen (secondary N) is 6. The van der Waals surface area contributed by atoms with Crippen molar-refractivity contribution in [3.05, 3.63) is 11.4 Å². The van der Waals surface area contributed by atoms with E-state index in [1.807, 2.05) is 0 Å². The van der Waals surface area contributed by atoms with Crippen LogP contribution in [0.5, 0.6) is 0 Å². The average molecular weight is 410 g/mol. The van der Waals surface area contributed by atoms with E-state index in [2.05, 4.69) is 62.2 Å². The van der Waals surface area contributed by atoms with E-state index in [1.54, 1.807) is 13.8 Å². The normalized spacial score (nSPS) is 10.0. The second-order valence-corrected chi connectivity index (χ2v) is 5.16. The van der Waals surface area contributed by atoms with Gasteiger partial charge in [-0.1, -0.05) is 13.8 Å². The van der Waals surface area contributed by atoms with Gasteiger partial charge in [0.1, 0.15) is 0 Å². The summed E-state index contributed by atoms with van der Waals surface area (Å²) in [6, 6.07) is 0. The second-order valence-electron chi connectivity index (χ2n) is 5.16. The number of amides is 4. The van der Waals surface area contributed by atoms with Crippen molar-refractivity contribution in [1.29, 1.82) is 0 Å². The highest BCUT2D eigenvalue weighted by Crippen LogP contribution is 2.11. The number of aromatic nitrogens is 4. The van der Waals surface area contributed by atoms with E-state index in [1.165, 1.54) is 0 Å². The number of carbonyl (C=O) groups is 4. The molecule has 0 atom stereocenters. The van der Waals surface area contributed by atoms with Gasteiger partial charge in [0.05, 0.1) is 6.67 Å². The van der Waals surface area contributed by atoms with Crippen LogP contribution >= 0.6 is 0 Å². The standard InChI is InChI=1S/C13H18N10O6/c1-3-6(24)16-18-12(26)8-10(22-28-20-8)14-5-15-11-9(21-29-23-11)13(27)19-17-7(25)4-2/h3-5H2,1-2H3,(H,14,22)(H,15,23)(H,16,24)(H,17,25)(H,18,26)(H,19,27). The molecule has 0 fully saturated rings. The van der Waals surface area contributed by atoms with E-state index in [0.717, 1.165) is 0 Å². The molecule has 0 spiro atoms. The molecule has 6 N–H and O–H groups in total. The lowest BCUT2D eigenvalue weighted by Gasteiger charge is -2.07. The van der Waals surface area contributed by atoms with E-state index in [0.29, 0.717) is 0 Å². The zero-order valence-corrected chi connectivity index (χ0v) is 15.4. The predicted molar refractivity (Wildman–Crippen MR) is 92.5 cm³/mol. The summed E-state index contributed by atoms with van der Waals surface area (Å²) in [5.41, 5.74) is 8.20. The van der Waals surface area contributed by atoms with Gasteiger partial charge >= 0.3 is 0 Å². The van der Waals surface area contributed by atoms with Gasteiger partial charge in [-0.15, -0.1) is 0 Å². The maximum atomic E-state index is 12.0. The third-order valence-electron chi connectivity index (χ3n) is 3.19. The summed E-state index contributed by atoms with van der Waals surface area (Å²) in [5.74, 6) is -2.40. The van der Waals surface area contributed by atoms with Crippen LogP contribution in [-0.4, -0.2) is 50.9 Å². The Morgan fingerprint density at radius 1 is 0.690 bits per heavy atom. The fraction of sp³-hybridized carbons (Fsp3) is 0.385. The number of carbonyl (C=O) groups excluding carboxylic acids is 4. The van der Waals surface area contributed by atoms with Gasteiger partial charge in [0.25, 0.3) is 11.8 Å². The first-order valence-electron chi connectivity index (χ1n) is 8.27. The third-order valence-corrected chi connectivity index (χ3v) is 3.19. The van der Waals surface area contributed by atoms with Gasteiger partial charge in [-0.3, -0.25) is 40.9 Å². The molecule has 2 heterocycles. The Morgan fingerprint density at radius 3 is 1.48 bits per heavy atom. The molecule has 156 valence electrons. The first-order chi connectivity index (χ1) is 14.0. The Morgan fingerprint density at radius 2 is 1.10 bits per heavy atom. The van der Waals surface area contributed by atoms with Crippen LogP contribution in [0.2, 0.25) is 0 Å². The van der Waals surface area contributed by atoms with Crippen LogP contribution in [0.4, 0.5) is 11.6 Å². The van der Waals surface area contributed by atoms with Crippen LogP contribution in [0, 0.1) is 0 Å². The van der Waals surface area contributed by atoms with Crippen LogP contribution in [0.3, 0.4) is 0 Å². The Balaban J connectivity index is 1.89. The Bertz CT molecular complexity index is 807. The highest BCUT2D eigenvalue weighted by molar-refractivity contribution is 5.98. The lowest BCUT2D eigenvalue weighted by atomic mass is 10.4. The van der Waals surface area contributed by atoms with Gasteiger partial charge in [0, 0.05) is 12.8 Å². The topological polar surface area (TPSA) is 218 Å². The molecule has 16 heteroatoms. The van der Waals surface area contributed by atoms with E-state index in [9.17, 15) is 19.2 Å². The minimum Gasteiger partial charge on any atom is -0.348 e. The third kappa shape index (κ3) is 5.88. The number of hydrogen-bond acceptors (Lipinski definition) is 12. The fourth-order valence-electron chi connectivity index (χ4n) is 1.67. The Hall–Kier alpha value is -4.24. The molecule has 0 aromatic carbocycles. The zero-order chi connectivity index (χ0) is 21.2. The minimum absolute atomic E-state index is 0.0431. The quantitative estimate of drug-likeness (QED) is 0.211. The average Bonchev–Trinajstić information content (AvgIpc) is 3.39. The van der Waals surface area contributed by atoms with Crippen molar-refractivity contribution >= 4 is 35.3 Å². The summed E-state index contributed by atoms with van der Waals surface area (Å²) in [7, 11) is 0. The molecule has 0 bridgehead atoms. The van der Waals surface area contributed by atoms with E-state index in [-0.39, 0.29) is 42.5 Å². The summed E-state index contributed by atoms with van der Waals surface area (Å²) >= 11 is 0. The minimum atomic E-state index is -0.759. The van der Waals surface area contributed by atoms with Crippen LogP contribution < -0.4 is 32.3 Å². The van der Waals surface area contributed by atoms with Crippen molar-refractivity contribution in [2.45, 2.75) is 26.7 Å². The highest BCUT2D eigenvalue weighted by atomic mass is 16.6. The molecule has 0 radical (unpaired) electrons. The molecule has 2 rings (SSSR count). The van der Waals surface area contributed by atoms with Crippen molar-refractivity contribution in [2.75, 3.05) is 17.3 Å². The van der Waals surface area contributed by atoms with Gasteiger partial charge in [-0.2, -0.15) is 0 Å². The predicted octanol–water partition coefficient (Wildman–Crippen LogP) is -1.72. The molecule has 0 aliphatic rings. The van der Waals surface area contributed by atoms with Crippen LogP contribution in [0.15, 0.2) is 9.26 Å². The molecule has 0 saturated heterocycles. The molecule has 29 heavy (non-hydrogen) atoms. The highest BCUT2D eigenvalue weighted by Gasteiger charge is 2.21. The van der Waals surface area contributed by atoms with Crippen molar-refractivity contribution < 1.29 is 28.4 Å². The van der Waals surface area contributed by atoms with Crippen LogP contribution in [0.1, 0.15) is 47.7 Å². The van der Waals surface area contributed by atoms with Gasteiger partial charge in [-0.25, -0.2) is 9.26 Å². The van der Waals surface area contributed by atoms with E-state index < -0.39 is 23.6 Å². The molecular weight excluding hydrogens is 392 g/mol. The van der Waals surface area contributed by atoms with E-state index >= 15 is 0 Å². The van der Waals surface area contributed by atoms with Crippen molar-refractivity contribution in [1.82, 2.24) is 42.3 Å². The van der Waals surface area contributed by atoms with Crippen molar-refractivity contribution in [3.63, 3.8) is 0 Å². The smallest absolute Gasteiger partial charge is 0.295 e. The lowest BCUT2D eigenvalue weighted by molar-refractivity contribution is -0.122. The molecule has 2 aromatic heterocycles. The molecule has 0 aliphatic heterocycles. The number of nitrogens with zero attached hydrogens (tertiary/aromatic N) is 4. The molecule has 2 aromatic rings. The summed E-state index contributed by atoms with van der Waals surface area (Å²) < 4.78 is 9.00. The molecule has 16 nitrogen and oxygen atoms in total. The number of anilines is 2. The summed E-state index contributed by atoms with van der Waals surface area (Å²) in [4.78, 5) is 46.3. The fourth-order valence-corrected chi connectivity index (χ4v) is 1.67. The van der Waals surface area contributed by atoms with Gasteiger partial charge in [-0.05, 0) is 20.6 Å². The summed E-state index contributed by atoms with van der Waals surface area (Å²) in [6.07, 6.45) is 0.353. The molecule has 0 aliphatic carbocycles. The Labute approximate surface area is 162 Å². The number of hydrazine groups is 2. The maximum Gasteiger partial charge on any atom is 0.295 e. The van der Waals surface area contributed by atoms with Crippen molar-refractivity contribution in [3.8, 4) is 0 Å². The largest absolute Gasteiger partial charge is 0.348 e. The molecule has 0 unspecified atom stereocenters. The SMILES string of the molecule is CCC(=O)NNC(=O)c1nonc1NCNc1nonc1C(=O)NNC(=O)CC. The van der Waals surface area contributed by atoms with E-state index in [4.69, 9.17) is 0 Å². The number of rotatable bonds is 8. The number of hydrogen-bond donors (Lipinski definition) is 6. The van der Waals surface area contributed by atoms with Crippen molar-refractivity contribution in [2.24, 2.45) is 0 Å². The van der Waals surface area contributed by atoms with Gasteiger partial charge in [0.15, 0.2) is 0 Å². The van der Waals surface area contributed by atoms with Crippen LogP contribution in [0.25, 0.3) is 0 Å². The van der Waals surface area contributed by atoms with Gasteiger partial charge < -0.3 is 10.6 Å². The molecule has 4 amide bonds. The monoisotopic (exact) mass is 410 g/mol. The molecule has 0 saturated carbocycles. The lowest BCUT2D eigenvalue weighted by Crippen LogP contribution is -2.41. The summed E-state index contributed by atoms with van der Waals surface area (Å²) in [6.45, 7) is 3.14. The summed E-state index contributed by atoms with van der Waals surface area (Å²) in [5, 5.41) is 19.3. The maximum absolute atomic E-state index is 12.0. The Kier molecular flexibility index (Phi) is 7.40. The zero-order valence-electron chi connectivity index (χ0n) is 15.4. The van der Waals surface area contributed by atoms with Gasteiger partial charge in [0.2, 0.25) is 34.8 Å².